The van der Waals surface area contributed by atoms with Crippen molar-refractivity contribution in [1.29, 1.82) is 0 Å². The van der Waals surface area contributed by atoms with E-state index in [1.807, 2.05) is 48.5 Å². The molecule has 380 valence electrons. The van der Waals surface area contributed by atoms with Crippen LogP contribution in [0.3, 0.4) is 0 Å². The molecule has 0 aliphatic heterocycles. The lowest BCUT2D eigenvalue weighted by atomic mass is 9.77. The third kappa shape index (κ3) is 20.4. The van der Waals surface area contributed by atoms with Crippen LogP contribution in [0.2, 0.25) is 0 Å². The first kappa shape index (κ1) is 56.8. The zero-order valence-corrected chi connectivity index (χ0v) is 41.9. The van der Waals surface area contributed by atoms with E-state index in [0.717, 1.165) is 77.3 Å². The molecule has 17 heteroatoms. The molecule has 0 spiro atoms. The molecule has 3 aliphatic rings. The molecule has 17 nitrogen and oxygen atoms in total. The van der Waals surface area contributed by atoms with Gasteiger partial charge in [-0.25, -0.2) is 4.79 Å². The number of nitrogens with one attached hydrogen (secondary N) is 5. The largest absolute Gasteiger partial charge is 0.444 e. The minimum Gasteiger partial charge on any atom is -0.444 e. The molecule has 3 saturated carbocycles. The molecule has 1 unspecified atom stereocenters. The van der Waals surface area contributed by atoms with Gasteiger partial charge >= 0.3 is 6.09 Å². The molecule has 0 radical (unpaired) electrons. The highest BCUT2D eigenvalue weighted by Gasteiger charge is 2.40. The second kappa shape index (κ2) is 29.4. The van der Waals surface area contributed by atoms with Crippen LogP contribution in [-0.2, 0) is 38.2 Å². The molecule has 0 aromatic rings. The second-order valence-electron chi connectivity index (χ2n) is 20.7. The smallest absolute Gasteiger partial charge is 0.407 e. The van der Waals surface area contributed by atoms with E-state index in [-0.39, 0.29) is 49.5 Å². The van der Waals surface area contributed by atoms with Crippen molar-refractivity contribution in [3.8, 4) is 0 Å². The number of likely N-dealkylation sites (N-methyl/N-ethyl adjacent to an activating group) is 1. The van der Waals surface area contributed by atoms with Crippen LogP contribution in [0.4, 0.5) is 4.79 Å². The van der Waals surface area contributed by atoms with Gasteiger partial charge in [-0.1, -0.05) is 65.7 Å². The molecule has 3 rings (SSSR count). The number of primary amides is 1. The first-order chi connectivity index (χ1) is 31.3. The Labute approximate surface area is 396 Å². The van der Waals surface area contributed by atoms with E-state index in [9.17, 15) is 28.8 Å². The van der Waals surface area contributed by atoms with E-state index < -0.39 is 59.6 Å². The molecule has 0 saturated heterocycles. The number of hydrogen-bond acceptors (Lipinski definition) is 11. The number of hydrogen-bond donors (Lipinski definition) is 7. The molecule has 3 aliphatic carbocycles. The Kier molecular flexibility index (Phi) is 25.3. The van der Waals surface area contributed by atoms with Gasteiger partial charge in [0.2, 0.25) is 29.5 Å². The third-order valence-electron chi connectivity index (χ3n) is 13.6. The van der Waals surface area contributed by atoms with Crippen LogP contribution in [0.25, 0.3) is 0 Å². The first-order valence-corrected chi connectivity index (χ1v) is 25.4. The summed E-state index contributed by atoms with van der Waals surface area (Å²) in [6, 6.07) is -3.13. The molecule has 0 heterocycles. The Hall–Kier alpha value is -3.54. The predicted octanol–water partition coefficient (Wildman–Crippen LogP) is 4.29. The highest BCUT2D eigenvalue weighted by atomic mass is 16.6. The minimum absolute atomic E-state index is 0.136. The highest BCUT2D eigenvalue weighted by Crippen LogP contribution is 2.46. The zero-order valence-electron chi connectivity index (χ0n) is 41.9. The molecule has 0 aromatic heterocycles. The number of alkyl carbamates (subject to hydrolysis) is 1. The van der Waals surface area contributed by atoms with Crippen LogP contribution in [0.15, 0.2) is 0 Å². The van der Waals surface area contributed by atoms with E-state index in [2.05, 4.69) is 26.6 Å². The van der Waals surface area contributed by atoms with Gasteiger partial charge in [0.05, 0.1) is 31.2 Å². The number of nitrogens with zero attached hydrogens (tertiary/aromatic N) is 1. The fraction of sp³-hybridized carbons (Fsp3) is 0.878. The van der Waals surface area contributed by atoms with Crippen molar-refractivity contribution >= 4 is 35.6 Å². The highest BCUT2D eigenvalue weighted by molar-refractivity contribution is 5.94. The summed E-state index contributed by atoms with van der Waals surface area (Å²) in [7, 11) is 1.66. The predicted molar refractivity (Wildman–Crippen MR) is 256 cm³/mol. The van der Waals surface area contributed by atoms with Gasteiger partial charge in [0, 0.05) is 32.8 Å². The summed E-state index contributed by atoms with van der Waals surface area (Å²) in [5.74, 6) is -1.26. The molecule has 66 heavy (non-hydrogen) atoms. The number of nitrogens with two attached hydrogens (primary N) is 2. The number of fused-ring (bicyclic) bond motifs is 2. The number of carbonyl (C=O) groups excluding carboxylic acids is 6. The summed E-state index contributed by atoms with van der Waals surface area (Å²) >= 11 is 0. The summed E-state index contributed by atoms with van der Waals surface area (Å²) in [5, 5.41) is 14.9. The lowest BCUT2D eigenvalue weighted by Crippen LogP contribution is -2.60. The van der Waals surface area contributed by atoms with Gasteiger partial charge in [0.25, 0.3) is 0 Å². The van der Waals surface area contributed by atoms with E-state index >= 15 is 0 Å². The molecular weight excluding hydrogens is 845 g/mol. The molecule has 10 atom stereocenters. The van der Waals surface area contributed by atoms with Crippen molar-refractivity contribution in [2.24, 2.45) is 47.0 Å². The number of carbonyl (C=O) groups is 6. The topological polar surface area (TPSA) is 246 Å². The van der Waals surface area contributed by atoms with Crippen LogP contribution in [0.1, 0.15) is 151 Å². The molecule has 0 aromatic carbocycles. The number of amides is 6. The van der Waals surface area contributed by atoms with Crippen molar-refractivity contribution < 1.29 is 43.0 Å². The van der Waals surface area contributed by atoms with Gasteiger partial charge < -0.3 is 57.2 Å². The van der Waals surface area contributed by atoms with Crippen molar-refractivity contribution in [2.45, 2.75) is 187 Å². The quantitative estimate of drug-likeness (QED) is 0.0412. The van der Waals surface area contributed by atoms with Gasteiger partial charge in [-0.2, -0.15) is 0 Å². The Morgan fingerprint density at radius 3 is 2.05 bits per heavy atom. The summed E-state index contributed by atoms with van der Waals surface area (Å²) < 4.78 is 17.7. The molecule has 6 amide bonds. The monoisotopic (exact) mass is 935 g/mol. The summed E-state index contributed by atoms with van der Waals surface area (Å²) in [6.07, 6.45) is 13.9. The lowest BCUT2D eigenvalue weighted by molar-refractivity contribution is -0.147. The Morgan fingerprint density at radius 1 is 0.788 bits per heavy atom. The van der Waals surface area contributed by atoms with E-state index in [0.29, 0.717) is 50.2 Å². The summed E-state index contributed by atoms with van der Waals surface area (Å²) in [6.45, 7) is 15.9. The summed E-state index contributed by atoms with van der Waals surface area (Å²) in [4.78, 5) is 81.0. The maximum atomic E-state index is 14.5. The fourth-order valence-corrected chi connectivity index (χ4v) is 9.96. The van der Waals surface area contributed by atoms with Crippen molar-refractivity contribution in [3.05, 3.63) is 0 Å². The molecule has 9 N–H and O–H groups in total. The van der Waals surface area contributed by atoms with Gasteiger partial charge in [0.15, 0.2) is 0 Å². The van der Waals surface area contributed by atoms with Crippen LogP contribution >= 0.6 is 0 Å². The standard InChI is InChI=1S/C49H90N8O9/c1-9-16-40(45(60)56-42(38-17-12-10-11-13-18-38)46(61)55-39(29-50)43(51)58)57(8)47(62)34(4)41(28-37-26-35-19-20-36(25-35)27-37)65-31-33(3)54-44(59)32(2)30-64-24-15-22-52-21-14-23-53-48(63)66-49(5,6)7/h32-42,52H,9-31,50H2,1-8H3,(H2,51,58)(H,53,63)(H,54,59)(H,55,61)(H,56,60)/t32-,33+,34+,35-,36+,37?,39-,40-,41+,42-/m0/s1. The minimum atomic E-state index is -1.06. The first-order valence-electron chi connectivity index (χ1n) is 25.4. The second-order valence-corrected chi connectivity index (χ2v) is 20.7. The SMILES string of the molecule is CCC[C@@H](C(=O)N[C@H](C(=O)N[C@@H](CN)C(N)=O)C1CCCCCC1)N(C)C(=O)[C@H](C)[C@@H](CC1C[C@H]2CC[C@@H](C1)C2)OC[C@@H](C)NC(=O)[C@@H](C)COCCCNCCCNC(=O)OC(C)(C)C. The van der Waals surface area contributed by atoms with Crippen LogP contribution < -0.4 is 38.1 Å². The van der Waals surface area contributed by atoms with Crippen LogP contribution in [-0.4, -0.2) is 129 Å². The Bertz CT molecular complexity index is 1490. The van der Waals surface area contributed by atoms with E-state index in [1.54, 1.807) is 7.05 Å². The third-order valence-corrected chi connectivity index (χ3v) is 13.6. The van der Waals surface area contributed by atoms with E-state index in [1.165, 1.54) is 24.2 Å². The average Bonchev–Trinajstić information content (AvgIpc) is 3.41. The van der Waals surface area contributed by atoms with Gasteiger partial charge in [-0.15, -0.1) is 0 Å². The van der Waals surface area contributed by atoms with Crippen molar-refractivity contribution in [2.75, 3.05) is 53.0 Å². The van der Waals surface area contributed by atoms with Gasteiger partial charge in [0.1, 0.15) is 23.7 Å². The van der Waals surface area contributed by atoms with Gasteiger partial charge in [-0.3, -0.25) is 24.0 Å². The van der Waals surface area contributed by atoms with Gasteiger partial charge in [-0.05, 0) is 122 Å². The Morgan fingerprint density at radius 2 is 1.44 bits per heavy atom. The van der Waals surface area contributed by atoms with Crippen molar-refractivity contribution in [3.63, 3.8) is 0 Å². The summed E-state index contributed by atoms with van der Waals surface area (Å²) in [5.41, 5.74) is 10.7. The normalized spacial score (nSPS) is 22.0. The number of rotatable bonds is 29. The van der Waals surface area contributed by atoms with Crippen molar-refractivity contribution in [1.82, 2.24) is 31.5 Å². The Balaban J connectivity index is 1.57. The maximum absolute atomic E-state index is 14.5. The molecule has 3 fully saturated rings. The number of ether oxygens (including phenoxy) is 3. The van der Waals surface area contributed by atoms with E-state index in [4.69, 9.17) is 25.7 Å². The fourth-order valence-electron chi connectivity index (χ4n) is 9.96. The van der Waals surface area contributed by atoms with Crippen LogP contribution in [0, 0.1) is 35.5 Å². The average molecular weight is 935 g/mol. The molecule has 2 bridgehead atoms. The van der Waals surface area contributed by atoms with Crippen LogP contribution in [0.5, 0.6) is 0 Å². The molecular formula is C49H90N8O9. The maximum Gasteiger partial charge on any atom is 0.407 e. The lowest BCUT2D eigenvalue weighted by Gasteiger charge is -2.36. The zero-order chi connectivity index (χ0) is 48.8.